The first-order valence-corrected chi connectivity index (χ1v) is 12.6. The van der Waals surface area contributed by atoms with Gasteiger partial charge in [0, 0.05) is 18.6 Å². The number of carbonyl (C=O) groups excluding carboxylic acids is 1. The third-order valence-corrected chi connectivity index (χ3v) is 8.80. The number of rotatable bonds is 7. The van der Waals surface area contributed by atoms with Crippen LogP contribution in [0.5, 0.6) is 0 Å². The highest BCUT2D eigenvalue weighted by Crippen LogP contribution is 2.35. The van der Waals surface area contributed by atoms with Gasteiger partial charge in [-0.05, 0) is 58.0 Å². The Kier molecular flexibility index (Phi) is 7.20. The number of carbonyl (C=O) groups is 1. The van der Waals surface area contributed by atoms with Crippen LogP contribution in [0.2, 0.25) is 0 Å². The number of likely N-dealkylation sites (tertiary alicyclic amines) is 1. The molecule has 0 aromatic heterocycles. The lowest BCUT2D eigenvalue weighted by Gasteiger charge is -2.48. The predicted octanol–water partition coefficient (Wildman–Crippen LogP) is 2.50. The number of piperidine rings is 1. The van der Waals surface area contributed by atoms with Crippen LogP contribution in [0.1, 0.15) is 77.6 Å². The summed E-state index contributed by atoms with van der Waals surface area (Å²) in [6, 6.07) is -0.511. The standard InChI is InChI=1S/C20H37N3O3S/c1-2-16-27(25,26)23-15-9-10-18(23)19(24)21-17-20(11-5-3-6-12-20)22-13-7-4-8-14-22/h18H,2-17H2,1H3,(H,21,24). The van der Waals surface area contributed by atoms with E-state index < -0.39 is 16.1 Å². The second kappa shape index (κ2) is 9.23. The third-order valence-electron chi connectivity index (χ3n) is 6.73. The number of nitrogens with zero attached hydrogens (tertiary/aromatic N) is 2. The van der Waals surface area contributed by atoms with Crippen molar-refractivity contribution in [3.8, 4) is 0 Å². The molecular formula is C20H37N3O3S. The molecule has 1 saturated carbocycles. The fraction of sp³-hybridized carbons (Fsp3) is 0.950. The van der Waals surface area contributed by atoms with Crippen molar-refractivity contribution in [2.75, 3.05) is 31.9 Å². The summed E-state index contributed by atoms with van der Waals surface area (Å²) in [6.45, 7) is 5.29. The van der Waals surface area contributed by atoms with Gasteiger partial charge < -0.3 is 5.32 Å². The first kappa shape index (κ1) is 21.1. The first-order valence-electron chi connectivity index (χ1n) is 11.0. The molecule has 0 radical (unpaired) electrons. The minimum absolute atomic E-state index is 0.0834. The van der Waals surface area contributed by atoms with Gasteiger partial charge in [-0.1, -0.05) is 32.6 Å². The van der Waals surface area contributed by atoms with Crippen molar-refractivity contribution >= 4 is 15.9 Å². The molecule has 1 atom stereocenters. The zero-order chi connectivity index (χ0) is 19.3. The average Bonchev–Trinajstić information content (AvgIpc) is 3.19. The van der Waals surface area contributed by atoms with E-state index in [2.05, 4.69) is 10.2 Å². The van der Waals surface area contributed by atoms with Crippen molar-refractivity contribution in [3.63, 3.8) is 0 Å². The molecule has 2 heterocycles. The normalized spacial score (nSPS) is 27.5. The van der Waals surface area contributed by atoms with Crippen molar-refractivity contribution in [3.05, 3.63) is 0 Å². The number of amides is 1. The summed E-state index contributed by atoms with van der Waals surface area (Å²) in [5.74, 6) is 0.0447. The van der Waals surface area contributed by atoms with E-state index in [0.717, 1.165) is 32.4 Å². The van der Waals surface area contributed by atoms with E-state index in [9.17, 15) is 13.2 Å². The summed E-state index contributed by atoms with van der Waals surface area (Å²) in [5.41, 5.74) is 0.0834. The fourth-order valence-electron chi connectivity index (χ4n) is 5.26. The summed E-state index contributed by atoms with van der Waals surface area (Å²) in [7, 11) is -3.32. The number of nitrogens with one attached hydrogen (secondary N) is 1. The molecule has 0 aromatic carbocycles. The first-order chi connectivity index (χ1) is 13.0. The lowest BCUT2D eigenvalue weighted by molar-refractivity contribution is -0.125. The highest BCUT2D eigenvalue weighted by atomic mass is 32.2. The second-order valence-electron chi connectivity index (χ2n) is 8.64. The molecule has 1 unspecified atom stereocenters. The molecule has 0 bridgehead atoms. The summed E-state index contributed by atoms with van der Waals surface area (Å²) >= 11 is 0. The molecule has 6 nitrogen and oxygen atoms in total. The molecule has 27 heavy (non-hydrogen) atoms. The van der Waals surface area contributed by atoms with E-state index in [0.29, 0.717) is 25.9 Å². The Balaban J connectivity index is 1.65. The smallest absolute Gasteiger partial charge is 0.238 e. The minimum atomic E-state index is -3.32. The van der Waals surface area contributed by atoms with Crippen LogP contribution < -0.4 is 5.32 Å². The third kappa shape index (κ3) is 4.85. The van der Waals surface area contributed by atoms with E-state index in [1.54, 1.807) is 0 Å². The Labute approximate surface area is 165 Å². The number of sulfonamides is 1. The van der Waals surface area contributed by atoms with E-state index >= 15 is 0 Å². The zero-order valence-electron chi connectivity index (χ0n) is 16.9. The van der Waals surface area contributed by atoms with Gasteiger partial charge in [0.25, 0.3) is 0 Å². The van der Waals surface area contributed by atoms with Crippen molar-refractivity contribution in [1.29, 1.82) is 0 Å². The number of hydrogen-bond donors (Lipinski definition) is 1. The molecule has 3 fully saturated rings. The Morgan fingerprint density at radius 2 is 1.67 bits per heavy atom. The second-order valence-corrected chi connectivity index (χ2v) is 10.7. The Bertz CT molecular complexity index is 596. The molecule has 0 aromatic rings. The zero-order valence-corrected chi connectivity index (χ0v) is 17.7. The molecule has 156 valence electrons. The topological polar surface area (TPSA) is 69.7 Å². The van der Waals surface area contributed by atoms with E-state index in [1.165, 1.54) is 42.8 Å². The van der Waals surface area contributed by atoms with Gasteiger partial charge in [-0.25, -0.2) is 8.42 Å². The highest BCUT2D eigenvalue weighted by Gasteiger charge is 2.41. The van der Waals surface area contributed by atoms with Crippen LogP contribution in [0.15, 0.2) is 0 Å². The lowest BCUT2D eigenvalue weighted by atomic mass is 9.79. The highest BCUT2D eigenvalue weighted by molar-refractivity contribution is 7.89. The van der Waals surface area contributed by atoms with E-state index in [4.69, 9.17) is 0 Å². The van der Waals surface area contributed by atoms with Gasteiger partial charge in [-0.3, -0.25) is 9.69 Å². The molecule has 2 aliphatic heterocycles. The van der Waals surface area contributed by atoms with Crippen molar-refractivity contribution in [2.24, 2.45) is 0 Å². The van der Waals surface area contributed by atoms with Crippen LogP contribution in [0, 0.1) is 0 Å². The summed E-state index contributed by atoms with van der Waals surface area (Å²) in [5, 5.41) is 3.19. The summed E-state index contributed by atoms with van der Waals surface area (Å²) in [6.07, 6.45) is 11.9. The van der Waals surface area contributed by atoms with Crippen LogP contribution in [0.25, 0.3) is 0 Å². The molecule has 1 aliphatic carbocycles. The van der Waals surface area contributed by atoms with Gasteiger partial charge in [0.05, 0.1) is 5.75 Å². The van der Waals surface area contributed by atoms with Crippen molar-refractivity contribution < 1.29 is 13.2 Å². The Morgan fingerprint density at radius 1 is 1.00 bits per heavy atom. The molecular weight excluding hydrogens is 362 g/mol. The van der Waals surface area contributed by atoms with Crippen LogP contribution in [0.3, 0.4) is 0 Å². The molecule has 3 aliphatic rings. The van der Waals surface area contributed by atoms with E-state index in [1.807, 2.05) is 6.92 Å². The molecule has 0 spiro atoms. The van der Waals surface area contributed by atoms with Crippen LogP contribution >= 0.6 is 0 Å². The van der Waals surface area contributed by atoms with Crippen LogP contribution in [-0.2, 0) is 14.8 Å². The van der Waals surface area contributed by atoms with Crippen molar-refractivity contribution in [2.45, 2.75) is 89.1 Å². The van der Waals surface area contributed by atoms with Gasteiger partial charge in [0.1, 0.15) is 6.04 Å². The summed E-state index contributed by atoms with van der Waals surface area (Å²) < 4.78 is 26.5. The Morgan fingerprint density at radius 3 is 2.33 bits per heavy atom. The Hall–Kier alpha value is -0.660. The van der Waals surface area contributed by atoms with Gasteiger partial charge >= 0.3 is 0 Å². The van der Waals surface area contributed by atoms with Gasteiger partial charge in [0.2, 0.25) is 15.9 Å². The fourth-order valence-corrected chi connectivity index (χ4v) is 7.01. The van der Waals surface area contributed by atoms with E-state index in [-0.39, 0.29) is 17.2 Å². The average molecular weight is 400 g/mol. The SMILES string of the molecule is CCCS(=O)(=O)N1CCCC1C(=O)NCC1(N2CCCCC2)CCCCC1. The molecule has 3 rings (SSSR count). The number of hydrogen-bond acceptors (Lipinski definition) is 4. The largest absolute Gasteiger partial charge is 0.353 e. The summed E-state index contributed by atoms with van der Waals surface area (Å²) in [4.78, 5) is 15.6. The lowest BCUT2D eigenvalue weighted by Crippen LogP contribution is -2.59. The van der Waals surface area contributed by atoms with Gasteiger partial charge in [-0.15, -0.1) is 0 Å². The van der Waals surface area contributed by atoms with Gasteiger partial charge in [0.15, 0.2) is 0 Å². The molecule has 1 amide bonds. The van der Waals surface area contributed by atoms with Gasteiger partial charge in [-0.2, -0.15) is 4.31 Å². The molecule has 2 saturated heterocycles. The quantitative estimate of drug-likeness (QED) is 0.714. The van der Waals surface area contributed by atoms with Crippen LogP contribution in [0.4, 0.5) is 0 Å². The maximum Gasteiger partial charge on any atom is 0.238 e. The van der Waals surface area contributed by atoms with Crippen molar-refractivity contribution in [1.82, 2.24) is 14.5 Å². The van der Waals surface area contributed by atoms with Crippen LogP contribution in [-0.4, -0.2) is 67.0 Å². The predicted molar refractivity (Wildman–Crippen MR) is 108 cm³/mol. The monoisotopic (exact) mass is 399 g/mol. The molecule has 1 N–H and O–H groups in total. The maximum absolute atomic E-state index is 12.9. The minimum Gasteiger partial charge on any atom is -0.353 e. The molecule has 7 heteroatoms. The maximum atomic E-state index is 12.9.